The Hall–Kier alpha value is -4.43. The van der Waals surface area contributed by atoms with E-state index in [-0.39, 0.29) is 11.6 Å². The summed E-state index contributed by atoms with van der Waals surface area (Å²) in [6, 6.07) is 22.0. The number of pyridine rings is 1. The molecule has 32 heavy (non-hydrogen) atoms. The molecule has 6 N–H and O–H groups in total. The highest BCUT2D eigenvalue weighted by molar-refractivity contribution is 6.03. The first-order valence-corrected chi connectivity index (χ1v) is 9.96. The molecule has 4 aromatic rings. The molecule has 8 heteroatoms. The van der Waals surface area contributed by atoms with Gasteiger partial charge in [-0.1, -0.05) is 35.9 Å². The second kappa shape index (κ2) is 9.15. The normalized spacial score (nSPS) is 11.2. The molecule has 0 spiro atoms. The monoisotopic (exact) mass is 425 g/mol. The number of hydrogen-bond donors (Lipinski definition) is 4. The van der Waals surface area contributed by atoms with Gasteiger partial charge in [-0.15, -0.1) is 0 Å². The first-order valence-electron chi connectivity index (χ1n) is 9.96. The SMILES string of the molecule is Cc1cccc(/C(N)=C/N(N)c2cccc(NC(=O)c3cccc(-c4ccn[nH]4)n3)c2)c1. The number of hydrogen-bond acceptors (Lipinski definition) is 6. The van der Waals surface area contributed by atoms with Gasteiger partial charge in [0.15, 0.2) is 0 Å². The number of anilines is 2. The van der Waals surface area contributed by atoms with E-state index in [9.17, 15) is 4.79 Å². The van der Waals surface area contributed by atoms with Crippen LogP contribution in [0.15, 0.2) is 85.2 Å². The van der Waals surface area contributed by atoms with Crippen LogP contribution in [0, 0.1) is 6.92 Å². The molecule has 0 saturated carbocycles. The molecular formula is C24H23N7O. The van der Waals surface area contributed by atoms with Crippen LogP contribution in [0.5, 0.6) is 0 Å². The number of nitrogens with two attached hydrogens (primary N) is 2. The van der Waals surface area contributed by atoms with Crippen molar-refractivity contribution in [3.8, 4) is 11.4 Å². The molecule has 0 aliphatic rings. The molecule has 2 aromatic carbocycles. The number of amides is 1. The number of nitrogens with zero attached hydrogens (tertiary/aromatic N) is 3. The summed E-state index contributed by atoms with van der Waals surface area (Å²) in [5.41, 5.74) is 11.6. The fraction of sp³-hybridized carbons (Fsp3) is 0.0417. The number of hydrazine groups is 1. The predicted octanol–water partition coefficient (Wildman–Crippen LogP) is 3.67. The van der Waals surface area contributed by atoms with Crippen LogP contribution < -0.4 is 21.9 Å². The van der Waals surface area contributed by atoms with Crippen molar-refractivity contribution in [1.82, 2.24) is 15.2 Å². The van der Waals surface area contributed by atoms with Crippen LogP contribution in [-0.2, 0) is 0 Å². The third kappa shape index (κ3) is 4.82. The van der Waals surface area contributed by atoms with Crippen molar-refractivity contribution < 1.29 is 4.79 Å². The lowest BCUT2D eigenvalue weighted by molar-refractivity contribution is 0.102. The van der Waals surface area contributed by atoms with Gasteiger partial charge in [-0.25, -0.2) is 10.8 Å². The molecule has 0 unspecified atom stereocenters. The van der Waals surface area contributed by atoms with Gasteiger partial charge in [0.05, 0.1) is 22.8 Å². The number of H-pyrrole nitrogens is 1. The Labute approximate surface area is 185 Å². The van der Waals surface area contributed by atoms with Gasteiger partial charge in [0.1, 0.15) is 5.69 Å². The van der Waals surface area contributed by atoms with Crippen LogP contribution in [0.3, 0.4) is 0 Å². The Bertz CT molecular complexity index is 1260. The van der Waals surface area contributed by atoms with Crippen LogP contribution in [-0.4, -0.2) is 21.1 Å². The highest BCUT2D eigenvalue weighted by Gasteiger charge is 2.11. The van der Waals surface area contributed by atoms with E-state index in [2.05, 4.69) is 20.5 Å². The van der Waals surface area contributed by atoms with E-state index in [0.717, 1.165) is 16.8 Å². The molecule has 160 valence electrons. The lowest BCUT2D eigenvalue weighted by atomic mass is 10.1. The molecule has 0 saturated heterocycles. The summed E-state index contributed by atoms with van der Waals surface area (Å²) in [5, 5.41) is 11.0. The lowest BCUT2D eigenvalue weighted by Gasteiger charge is -2.17. The van der Waals surface area contributed by atoms with E-state index in [1.165, 1.54) is 5.01 Å². The van der Waals surface area contributed by atoms with Gasteiger partial charge in [0, 0.05) is 18.1 Å². The molecule has 0 fully saturated rings. The molecule has 4 rings (SSSR count). The van der Waals surface area contributed by atoms with Crippen molar-refractivity contribution in [1.29, 1.82) is 0 Å². The van der Waals surface area contributed by atoms with Crippen LogP contribution in [0.1, 0.15) is 21.6 Å². The van der Waals surface area contributed by atoms with Gasteiger partial charge < -0.3 is 11.1 Å². The second-order valence-corrected chi connectivity index (χ2v) is 7.24. The van der Waals surface area contributed by atoms with Gasteiger partial charge in [-0.2, -0.15) is 5.10 Å². The van der Waals surface area contributed by atoms with Gasteiger partial charge in [0.2, 0.25) is 0 Å². The maximum atomic E-state index is 12.7. The summed E-state index contributed by atoms with van der Waals surface area (Å²) in [6.07, 6.45) is 3.28. The molecule has 0 bridgehead atoms. The third-order valence-corrected chi connectivity index (χ3v) is 4.79. The highest BCUT2D eigenvalue weighted by atomic mass is 16.1. The van der Waals surface area contributed by atoms with Gasteiger partial charge in [-0.3, -0.25) is 14.9 Å². The molecule has 0 radical (unpaired) electrons. The van der Waals surface area contributed by atoms with Crippen LogP contribution in [0.2, 0.25) is 0 Å². The minimum atomic E-state index is -0.332. The van der Waals surface area contributed by atoms with E-state index >= 15 is 0 Å². The number of aryl methyl sites for hydroxylation is 1. The van der Waals surface area contributed by atoms with E-state index in [0.29, 0.717) is 22.8 Å². The Morgan fingerprint density at radius 3 is 2.66 bits per heavy atom. The van der Waals surface area contributed by atoms with Crippen molar-refractivity contribution >= 4 is 23.0 Å². The molecule has 2 heterocycles. The number of carbonyl (C=O) groups is 1. The average Bonchev–Trinajstić information content (AvgIpc) is 3.34. The summed E-state index contributed by atoms with van der Waals surface area (Å²) in [4.78, 5) is 17.1. The lowest BCUT2D eigenvalue weighted by Crippen LogP contribution is -2.26. The van der Waals surface area contributed by atoms with E-state index in [4.69, 9.17) is 11.6 Å². The quantitative estimate of drug-likeness (QED) is 0.276. The number of rotatable bonds is 6. The average molecular weight is 425 g/mol. The molecule has 8 nitrogen and oxygen atoms in total. The minimum Gasteiger partial charge on any atom is -0.397 e. The molecule has 1 amide bonds. The van der Waals surface area contributed by atoms with Gasteiger partial charge in [0.25, 0.3) is 5.91 Å². The fourth-order valence-electron chi connectivity index (χ4n) is 3.17. The highest BCUT2D eigenvalue weighted by Crippen LogP contribution is 2.21. The molecule has 2 aromatic heterocycles. The Kier molecular flexibility index (Phi) is 5.96. The number of nitrogens with one attached hydrogen (secondary N) is 2. The van der Waals surface area contributed by atoms with Crippen molar-refractivity contribution in [2.45, 2.75) is 6.92 Å². The smallest absolute Gasteiger partial charge is 0.274 e. The zero-order valence-corrected chi connectivity index (χ0v) is 17.5. The zero-order valence-electron chi connectivity index (χ0n) is 17.5. The Balaban J connectivity index is 1.50. The van der Waals surface area contributed by atoms with Gasteiger partial charge in [-0.05, 0) is 55.0 Å². The van der Waals surface area contributed by atoms with Crippen molar-refractivity contribution in [3.63, 3.8) is 0 Å². The molecule has 0 atom stereocenters. The standard InChI is InChI=1S/C24H23N7O/c1-16-5-2-6-17(13-16)20(25)15-31(26)19-8-3-7-18(14-19)28-24(32)23-10-4-9-21(29-23)22-11-12-27-30-22/h2-15H,25-26H2,1H3,(H,27,30)(H,28,32)/b20-15-. The zero-order chi connectivity index (χ0) is 22.5. The van der Waals surface area contributed by atoms with E-state index in [1.807, 2.05) is 43.3 Å². The summed E-state index contributed by atoms with van der Waals surface area (Å²) in [7, 11) is 0. The van der Waals surface area contributed by atoms with E-state index < -0.39 is 0 Å². The summed E-state index contributed by atoms with van der Waals surface area (Å²) in [5.74, 6) is 5.87. The maximum absolute atomic E-state index is 12.7. The number of benzene rings is 2. The van der Waals surface area contributed by atoms with Crippen LogP contribution >= 0.6 is 0 Å². The summed E-state index contributed by atoms with van der Waals surface area (Å²) >= 11 is 0. The summed E-state index contributed by atoms with van der Waals surface area (Å²) in [6.45, 7) is 2.00. The minimum absolute atomic E-state index is 0.288. The number of carbonyl (C=O) groups excluding carboxylic acids is 1. The van der Waals surface area contributed by atoms with Crippen LogP contribution in [0.25, 0.3) is 17.1 Å². The van der Waals surface area contributed by atoms with Gasteiger partial charge >= 0.3 is 0 Å². The fourth-order valence-corrected chi connectivity index (χ4v) is 3.17. The van der Waals surface area contributed by atoms with E-state index in [1.54, 1.807) is 48.8 Å². The Morgan fingerprint density at radius 2 is 1.88 bits per heavy atom. The third-order valence-electron chi connectivity index (χ3n) is 4.79. The maximum Gasteiger partial charge on any atom is 0.274 e. The number of aromatic amines is 1. The van der Waals surface area contributed by atoms with Crippen LogP contribution in [0.4, 0.5) is 11.4 Å². The first kappa shape index (κ1) is 20.8. The van der Waals surface area contributed by atoms with Crippen molar-refractivity contribution in [2.24, 2.45) is 11.6 Å². The van der Waals surface area contributed by atoms with Crippen molar-refractivity contribution in [2.75, 3.05) is 10.3 Å². The second-order valence-electron chi connectivity index (χ2n) is 7.24. The largest absolute Gasteiger partial charge is 0.397 e. The Morgan fingerprint density at radius 1 is 1.06 bits per heavy atom. The number of aromatic nitrogens is 3. The molecule has 0 aliphatic carbocycles. The first-order chi connectivity index (χ1) is 15.5. The topological polar surface area (TPSA) is 126 Å². The van der Waals surface area contributed by atoms with Crippen molar-refractivity contribution in [3.05, 3.63) is 102 Å². The molecule has 0 aliphatic heterocycles. The summed E-state index contributed by atoms with van der Waals surface area (Å²) < 4.78 is 0. The molecular weight excluding hydrogens is 402 g/mol. The predicted molar refractivity (Wildman–Crippen MR) is 126 cm³/mol.